The fraction of sp³-hybridized carbons (Fsp3) is 1.00. The van der Waals surface area contributed by atoms with Crippen LogP contribution in [-0.4, -0.2) is 19.8 Å². The van der Waals surface area contributed by atoms with E-state index in [1.807, 2.05) is 0 Å². The van der Waals surface area contributed by atoms with Crippen molar-refractivity contribution in [3.8, 4) is 0 Å². The Morgan fingerprint density at radius 1 is 1.08 bits per heavy atom. The molecule has 12 heavy (non-hydrogen) atoms. The summed E-state index contributed by atoms with van der Waals surface area (Å²) in [5.41, 5.74) is 0. The first kappa shape index (κ1) is 16.1. The van der Waals surface area contributed by atoms with Gasteiger partial charge in [-0.25, -0.2) is 0 Å². The van der Waals surface area contributed by atoms with Crippen LogP contribution < -0.4 is 0 Å². The second-order valence-electron chi connectivity index (χ2n) is 1.69. The summed E-state index contributed by atoms with van der Waals surface area (Å²) in [6.45, 7) is 0.0773. The van der Waals surface area contributed by atoms with E-state index in [0.717, 1.165) is 0 Å². The van der Waals surface area contributed by atoms with Crippen LogP contribution >= 0.6 is 69.6 Å². The van der Waals surface area contributed by atoms with E-state index in [1.165, 1.54) is 0 Å². The van der Waals surface area contributed by atoms with E-state index in [-0.39, 0.29) is 6.61 Å². The minimum atomic E-state index is -1.19. The lowest BCUT2D eigenvalue weighted by Crippen LogP contribution is -2.02. The van der Waals surface area contributed by atoms with Crippen LogP contribution in [-0.2, 0) is 0 Å². The monoisotopic (exact) mass is 294 g/mol. The molecule has 0 spiro atoms. The Morgan fingerprint density at radius 3 is 1.50 bits per heavy atom. The van der Waals surface area contributed by atoms with Crippen molar-refractivity contribution in [2.75, 3.05) is 6.61 Å². The molecule has 0 heterocycles. The van der Waals surface area contributed by atoms with Crippen LogP contribution in [0.2, 0.25) is 0 Å². The van der Waals surface area contributed by atoms with Crippen LogP contribution in [0.5, 0.6) is 0 Å². The smallest absolute Gasteiger partial charge is 0.190 e. The first-order valence-electron chi connectivity index (χ1n) is 2.89. The quantitative estimate of drug-likeness (QED) is 0.760. The van der Waals surface area contributed by atoms with Crippen molar-refractivity contribution in [3.63, 3.8) is 0 Å². The fourth-order valence-corrected chi connectivity index (χ4v) is 0.680. The van der Waals surface area contributed by atoms with Gasteiger partial charge >= 0.3 is 0 Å². The summed E-state index contributed by atoms with van der Waals surface area (Å²) >= 11 is 30.4. The van der Waals surface area contributed by atoms with Gasteiger partial charge in [-0.2, -0.15) is 0 Å². The van der Waals surface area contributed by atoms with E-state index >= 15 is 0 Å². The molecule has 0 unspecified atom stereocenters. The molecular weight excluding hydrogens is 289 g/mol. The number of hydrogen-bond acceptors (Lipinski definition) is 1. The number of aliphatic hydroxyl groups is 1. The predicted octanol–water partition coefficient (Wildman–Crippen LogP) is 4.12. The summed E-state index contributed by atoms with van der Waals surface area (Å²) in [6.07, 6.45) is 0.949. The number of alkyl halides is 6. The van der Waals surface area contributed by atoms with Crippen molar-refractivity contribution in [2.45, 2.75) is 20.9 Å². The zero-order valence-corrected chi connectivity index (χ0v) is 10.4. The second-order valence-corrected chi connectivity index (χ2v) is 6.19. The Bertz CT molecular complexity index is 87.7. The molecule has 0 aliphatic heterocycles. The standard InChI is InChI=1S/C4H7Cl3O.CHCl3/c5-4(6,7)2-1-3-8;2-1(3)4/h8H,1-3H2;1H. The summed E-state index contributed by atoms with van der Waals surface area (Å²) in [5, 5.41) is 8.25. The highest BCUT2D eigenvalue weighted by Gasteiger charge is 2.17. The molecule has 0 amide bonds. The molecule has 0 saturated carbocycles. The summed E-state index contributed by atoms with van der Waals surface area (Å²) in [6, 6.07) is 0. The molecule has 0 atom stereocenters. The Balaban J connectivity index is 0. The van der Waals surface area contributed by atoms with E-state index in [2.05, 4.69) is 0 Å². The molecule has 0 bridgehead atoms. The van der Waals surface area contributed by atoms with Gasteiger partial charge in [0.15, 0.2) is 8.09 Å². The van der Waals surface area contributed by atoms with Crippen molar-refractivity contribution in [2.24, 2.45) is 0 Å². The molecule has 0 saturated heterocycles. The molecule has 0 radical (unpaired) electrons. The summed E-state index contributed by atoms with van der Waals surface area (Å²) < 4.78 is -1.94. The van der Waals surface area contributed by atoms with Crippen molar-refractivity contribution >= 4 is 69.6 Å². The average Bonchev–Trinajstić information content (AvgIpc) is 1.80. The van der Waals surface area contributed by atoms with E-state index in [4.69, 9.17) is 74.7 Å². The van der Waals surface area contributed by atoms with Crippen LogP contribution in [0, 0.1) is 0 Å². The first-order chi connectivity index (χ1) is 5.29. The van der Waals surface area contributed by atoms with E-state index < -0.39 is 8.09 Å². The highest BCUT2D eigenvalue weighted by atomic mass is 35.6. The molecule has 7 heteroatoms. The molecular formula is C5H8Cl6O. The van der Waals surface area contributed by atoms with Gasteiger partial charge in [0.05, 0.1) is 0 Å². The van der Waals surface area contributed by atoms with Gasteiger partial charge in [-0.3, -0.25) is 0 Å². The first-order valence-corrected chi connectivity index (χ1v) is 5.33. The highest BCUT2D eigenvalue weighted by Crippen LogP contribution is 2.30. The minimum Gasteiger partial charge on any atom is -0.396 e. The fourth-order valence-electron chi connectivity index (χ4n) is 0.280. The second kappa shape index (κ2) is 9.26. The van der Waals surface area contributed by atoms with Gasteiger partial charge in [0.1, 0.15) is 0 Å². The Hall–Kier alpha value is 1.70. The number of aliphatic hydroxyl groups excluding tert-OH is 1. The maximum atomic E-state index is 8.25. The normalized spacial score (nSPS) is 11.0. The average molecular weight is 297 g/mol. The van der Waals surface area contributed by atoms with Gasteiger partial charge in [-0.15, -0.1) is 0 Å². The van der Waals surface area contributed by atoms with Crippen LogP contribution in [0.3, 0.4) is 0 Å². The molecule has 0 rings (SSSR count). The molecule has 0 aromatic carbocycles. The van der Waals surface area contributed by atoms with E-state index in [9.17, 15) is 0 Å². The molecule has 1 N–H and O–H groups in total. The molecule has 0 aliphatic rings. The third-order valence-corrected chi connectivity index (χ3v) is 1.19. The maximum Gasteiger partial charge on any atom is 0.190 e. The van der Waals surface area contributed by atoms with Gasteiger partial charge in [-0.05, 0) is 12.8 Å². The number of rotatable bonds is 2. The van der Waals surface area contributed by atoms with Crippen molar-refractivity contribution in [1.29, 1.82) is 0 Å². The number of hydrogen-bond donors (Lipinski definition) is 1. The molecule has 0 aliphatic carbocycles. The Morgan fingerprint density at radius 2 is 1.42 bits per heavy atom. The van der Waals surface area contributed by atoms with Gasteiger partial charge < -0.3 is 5.11 Å². The predicted molar refractivity (Wildman–Crippen MR) is 58.0 cm³/mol. The van der Waals surface area contributed by atoms with Crippen LogP contribution in [0.1, 0.15) is 12.8 Å². The lowest BCUT2D eigenvalue weighted by molar-refractivity contribution is 0.285. The van der Waals surface area contributed by atoms with Crippen LogP contribution in [0.15, 0.2) is 0 Å². The van der Waals surface area contributed by atoms with Gasteiger partial charge in [0, 0.05) is 6.61 Å². The van der Waals surface area contributed by atoms with Crippen LogP contribution in [0.4, 0.5) is 0 Å². The molecule has 0 aromatic heterocycles. The van der Waals surface area contributed by atoms with Crippen molar-refractivity contribution < 1.29 is 5.11 Å². The maximum absolute atomic E-state index is 8.25. The highest BCUT2D eigenvalue weighted by molar-refractivity contribution is 6.67. The van der Waals surface area contributed by atoms with Gasteiger partial charge in [0.25, 0.3) is 0 Å². The summed E-state index contributed by atoms with van der Waals surface area (Å²) in [7, 11) is 0. The largest absolute Gasteiger partial charge is 0.396 e. The zero-order chi connectivity index (χ0) is 10.2. The third-order valence-electron chi connectivity index (χ3n) is 0.618. The van der Waals surface area contributed by atoms with Crippen LogP contribution in [0.25, 0.3) is 0 Å². The lowest BCUT2D eigenvalue weighted by Gasteiger charge is -2.07. The Kier molecular flexibility index (Phi) is 12.5. The number of halogens is 6. The molecule has 1 nitrogen and oxygen atoms in total. The van der Waals surface area contributed by atoms with Crippen molar-refractivity contribution in [1.82, 2.24) is 0 Å². The van der Waals surface area contributed by atoms with E-state index in [1.54, 1.807) is 0 Å². The summed E-state index contributed by atoms with van der Waals surface area (Å²) in [4.78, 5) is 0. The van der Waals surface area contributed by atoms with Gasteiger partial charge in [0.2, 0.25) is 0 Å². The summed E-state index contributed by atoms with van der Waals surface area (Å²) in [5.74, 6) is 0. The Labute approximate surface area is 102 Å². The minimum absolute atomic E-state index is 0.0773. The lowest BCUT2D eigenvalue weighted by atomic mass is 10.4. The zero-order valence-electron chi connectivity index (χ0n) is 5.91. The molecule has 76 valence electrons. The third kappa shape index (κ3) is 29.8. The van der Waals surface area contributed by atoms with E-state index in [0.29, 0.717) is 12.8 Å². The molecule has 0 aromatic rings. The SMILES string of the molecule is ClC(Cl)Cl.OCCCC(Cl)(Cl)Cl. The topological polar surface area (TPSA) is 20.2 Å². The van der Waals surface area contributed by atoms with Crippen molar-refractivity contribution in [3.05, 3.63) is 0 Å². The molecule has 0 fully saturated rings. The van der Waals surface area contributed by atoms with Gasteiger partial charge in [-0.1, -0.05) is 69.6 Å².